The van der Waals surface area contributed by atoms with Crippen LogP contribution in [0.4, 0.5) is 0 Å². The molecule has 0 heterocycles. The molecule has 0 radical (unpaired) electrons. The minimum Gasteiger partial charge on any atom is -0.415 e. The van der Waals surface area contributed by atoms with Gasteiger partial charge in [-0.2, -0.15) is 8.42 Å². The quantitative estimate of drug-likeness (QED) is 0.0737. The molecule has 0 fully saturated rings. The Bertz CT molecular complexity index is 1680. The van der Waals surface area contributed by atoms with E-state index in [0.29, 0.717) is 0 Å². The fraction of sp³-hybridized carbons (Fsp3) is 0.350. The van der Waals surface area contributed by atoms with Crippen molar-refractivity contribution in [2.75, 3.05) is 12.9 Å². The van der Waals surface area contributed by atoms with E-state index in [0.717, 1.165) is 28.5 Å². The topological polar surface area (TPSA) is 111 Å². The molecule has 0 aliphatic rings. The van der Waals surface area contributed by atoms with Crippen LogP contribution in [0.25, 0.3) is 0 Å². The zero-order valence-electron chi connectivity index (χ0n) is 29.9. The summed E-state index contributed by atoms with van der Waals surface area (Å²) < 4.78 is 36.2. The van der Waals surface area contributed by atoms with Crippen LogP contribution >= 0.6 is 0 Å². The molecule has 0 aromatic heterocycles. The highest BCUT2D eigenvalue weighted by Gasteiger charge is 2.39. The molecule has 4 rings (SSSR count). The van der Waals surface area contributed by atoms with E-state index in [1.54, 1.807) is 0 Å². The smallest absolute Gasteiger partial charge is 0.265 e. The number of benzene rings is 4. The van der Waals surface area contributed by atoms with E-state index in [1.165, 1.54) is 0 Å². The summed E-state index contributed by atoms with van der Waals surface area (Å²) in [6.07, 6.45) is 0.00934. The molecule has 2 N–H and O–H groups in total. The molecule has 2 amide bonds. The number of carbonyl (C=O) groups is 2. The third-order valence-electron chi connectivity index (χ3n) is 9.31. The normalized spacial score (nSPS) is 13.6. The van der Waals surface area contributed by atoms with E-state index in [-0.39, 0.29) is 36.8 Å². The zero-order valence-corrected chi connectivity index (χ0v) is 31.7. The fourth-order valence-electron chi connectivity index (χ4n) is 5.58. The first-order chi connectivity index (χ1) is 23.6. The van der Waals surface area contributed by atoms with Crippen molar-refractivity contribution in [2.24, 2.45) is 0 Å². The van der Waals surface area contributed by atoms with Gasteiger partial charge in [-0.3, -0.25) is 13.8 Å². The molecule has 4 aromatic carbocycles. The summed E-state index contributed by atoms with van der Waals surface area (Å²) in [7, 11) is -6.20. The molecule has 0 aliphatic carbocycles. The van der Waals surface area contributed by atoms with Crippen LogP contribution in [0.1, 0.15) is 55.9 Å². The van der Waals surface area contributed by atoms with Crippen molar-refractivity contribution in [2.45, 2.75) is 75.9 Å². The summed E-state index contributed by atoms with van der Waals surface area (Å²) in [5.41, 5.74) is 2.47. The number of carbonyl (C=O) groups excluding carboxylic acids is 2. The standard InChI is InChI=1S/C40H50N2O6SSi/c1-39(2,3)50(5,6)47-30-35(41-38(44)36(48-49(4,45)46)29-31-19-11-7-12-20-31)27-28-37(43)42-40(32-21-13-8-14-22-32,33-23-15-9-16-24-33)34-25-17-10-18-26-34/h7-26,35-36H,27-30H2,1-6H3,(H,41,44)(H,42,43)/t35?,36-/m0/s1. The highest BCUT2D eigenvalue weighted by Crippen LogP contribution is 2.38. The summed E-state index contributed by atoms with van der Waals surface area (Å²) in [6.45, 7) is 10.8. The summed E-state index contributed by atoms with van der Waals surface area (Å²) in [6, 6.07) is 38.1. The van der Waals surface area contributed by atoms with Crippen molar-refractivity contribution < 1.29 is 26.6 Å². The van der Waals surface area contributed by atoms with E-state index in [9.17, 15) is 18.0 Å². The molecule has 4 aromatic rings. The van der Waals surface area contributed by atoms with Crippen molar-refractivity contribution in [1.29, 1.82) is 0 Å². The summed E-state index contributed by atoms with van der Waals surface area (Å²) >= 11 is 0. The molecule has 50 heavy (non-hydrogen) atoms. The van der Waals surface area contributed by atoms with Crippen LogP contribution in [-0.4, -0.2) is 53.6 Å². The molecular formula is C40H50N2O6SSi. The Labute approximate surface area is 298 Å². The van der Waals surface area contributed by atoms with Gasteiger partial charge in [0.1, 0.15) is 5.54 Å². The minimum atomic E-state index is -3.95. The maximum Gasteiger partial charge on any atom is 0.265 e. The van der Waals surface area contributed by atoms with Gasteiger partial charge in [-0.1, -0.05) is 142 Å². The Morgan fingerprint density at radius 3 is 1.60 bits per heavy atom. The van der Waals surface area contributed by atoms with Crippen LogP contribution in [0.2, 0.25) is 18.1 Å². The predicted octanol–water partition coefficient (Wildman–Crippen LogP) is 6.97. The Morgan fingerprint density at radius 2 is 1.18 bits per heavy atom. The van der Waals surface area contributed by atoms with Gasteiger partial charge in [0, 0.05) is 12.8 Å². The average molecular weight is 715 g/mol. The molecule has 0 saturated carbocycles. The highest BCUT2D eigenvalue weighted by molar-refractivity contribution is 7.86. The van der Waals surface area contributed by atoms with Gasteiger partial charge in [0.15, 0.2) is 14.4 Å². The molecule has 10 heteroatoms. The first kappa shape index (κ1) is 38.7. The Kier molecular flexibility index (Phi) is 13.0. The Morgan fingerprint density at radius 1 is 0.740 bits per heavy atom. The Balaban J connectivity index is 1.63. The zero-order chi connectivity index (χ0) is 36.4. The summed E-state index contributed by atoms with van der Waals surface area (Å²) in [5.74, 6) is -0.808. The van der Waals surface area contributed by atoms with Gasteiger partial charge in [0.25, 0.3) is 16.0 Å². The van der Waals surface area contributed by atoms with Crippen LogP contribution < -0.4 is 10.6 Å². The van der Waals surface area contributed by atoms with Crippen molar-refractivity contribution in [1.82, 2.24) is 10.6 Å². The van der Waals surface area contributed by atoms with Crippen LogP contribution in [0.3, 0.4) is 0 Å². The van der Waals surface area contributed by atoms with Crippen molar-refractivity contribution in [3.63, 3.8) is 0 Å². The monoisotopic (exact) mass is 714 g/mol. The SMILES string of the molecule is CC(C)(C)[Si](C)(C)OCC(CCC(=O)NC(c1ccccc1)(c1ccccc1)c1ccccc1)NC(=O)[C@H](Cc1ccccc1)OS(C)(=O)=O. The largest absolute Gasteiger partial charge is 0.415 e. The van der Waals surface area contributed by atoms with Gasteiger partial charge in [-0.15, -0.1) is 0 Å². The number of rotatable bonds is 16. The van der Waals surface area contributed by atoms with Gasteiger partial charge in [-0.05, 0) is 46.8 Å². The third-order valence-corrected chi connectivity index (χ3v) is 14.4. The molecule has 0 saturated heterocycles. The number of nitrogens with one attached hydrogen (secondary N) is 2. The lowest BCUT2D eigenvalue weighted by Crippen LogP contribution is -2.50. The van der Waals surface area contributed by atoms with E-state index in [4.69, 9.17) is 8.61 Å². The molecule has 8 nitrogen and oxygen atoms in total. The fourth-order valence-corrected chi connectivity index (χ4v) is 7.21. The molecule has 0 spiro atoms. The van der Waals surface area contributed by atoms with Crippen LogP contribution in [-0.2, 0) is 40.3 Å². The lowest BCUT2D eigenvalue weighted by molar-refractivity contribution is -0.129. The van der Waals surface area contributed by atoms with Crippen LogP contribution in [0.5, 0.6) is 0 Å². The van der Waals surface area contributed by atoms with Gasteiger partial charge in [-0.25, -0.2) is 0 Å². The molecule has 0 aliphatic heterocycles. The van der Waals surface area contributed by atoms with Crippen LogP contribution in [0.15, 0.2) is 121 Å². The molecule has 0 bridgehead atoms. The van der Waals surface area contributed by atoms with E-state index in [1.807, 2.05) is 121 Å². The predicted molar refractivity (Wildman–Crippen MR) is 202 cm³/mol. The summed E-state index contributed by atoms with van der Waals surface area (Å²) in [5, 5.41) is 6.28. The number of amides is 2. The first-order valence-corrected chi connectivity index (χ1v) is 21.7. The van der Waals surface area contributed by atoms with Crippen molar-refractivity contribution in [3.8, 4) is 0 Å². The van der Waals surface area contributed by atoms with Gasteiger partial charge in [0.05, 0.1) is 18.9 Å². The average Bonchev–Trinajstić information content (AvgIpc) is 3.08. The molecular weight excluding hydrogens is 665 g/mol. The van der Waals surface area contributed by atoms with E-state index >= 15 is 0 Å². The van der Waals surface area contributed by atoms with E-state index in [2.05, 4.69) is 44.5 Å². The van der Waals surface area contributed by atoms with E-state index < -0.39 is 42.0 Å². The second kappa shape index (κ2) is 16.7. The van der Waals surface area contributed by atoms with Gasteiger partial charge >= 0.3 is 0 Å². The molecule has 266 valence electrons. The molecule has 1 unspecified atom stereocenters. The van der Waals surface area contributed by atoms with Crippen molar-refractivity contribution in [3.05, 3.63) is 144 Å². The van der Waals surface area contributed by atoms with Crippen LogP contribution in [0, 0.1) is 0 Å². The number of hydrogen-bond acceptors (Lipinski definition) is 6. The van der Waals surface area contributed by atoms with Gasteiger partial charge in [0.2, 0.25) is 5.91 Å². The first-order valence-electron chi connectivity index (χ1n) is 16.9. The van der Waals surface area contributed by atoms with Crippen molar-refractivity contribution >= 4 is 30.2 Å². The second-order valence-corrected chi connectivity index (χ2v) is 20.6. The minimum absolute atomic E-state index is 0.0593. The maximum absolute atomic E-state index is 14.1. The third kappa shape index (κ3) is 10.5. The second-order valence-electron chi connectivity index (χ2n) is 14.2. The maximum atomic E-state index is 14.1. The lowest BCUT2D eigenvalue weighted by atomic mass is 9.77. The van der Waals surface area contributed by atoms with Gasteiger partial charge < -0.3 is 15.1 Å². The lowest BCUT2D eigenvalue weighted by Gasteiger charge is -2.38. The highest BCUT2D eigenvalue weighted by atomic mass is 32.2. The Hall–Kier alpha value is -4.09. The molecule has 2 atom stereocenters. The summed E-state index contributed by atoms with van der Waals surface area (Å²) in [4.78, 5) is 27.9. The number of hydrogen-bond donors (Lipinski definition) is 2.